The Morgan fingerprint density at radius 2 is 1.73 bits per heavy atom. The molecule has 11 heteroatoms. The van der Waals surface area contributed by atoms with Crippen molar-refractivity contribution in [1.29, 1.82) is 0 Å². The zero-order chi connectivity index (χ0) is 30.4. The van der Waals surface area contributed by atoms with Crippen LogP contribution < -0.4 is 34.3 Å². The maximum absolute atomic E-state index is 13.6. The van der Waals surface area contributed by atoms with Crippen molar-refractivity contribution in [3.63, 3.8) is 0 Å². The Labute approximate surface area is 285 Å². The van der Waals surface area contributed by atoms with Crippen LogP contribution in [0.15, 0.2) is 94.7 Å². The van der Waals surface area contributed by atoms with Gasteiger partial charge in [-0.05, 0) is 55.2 Å². The predicted octanol–water partition coefficient (Wildman–Crippen LogP) is 3.41. The summed E-state index contributed by atoms with van der Waals surface area (Å²) in [5, 5.41) is 0.399. The van der Waals surface area contributed by atoms with E-state index < -0.39 is 10.1 Å². The number of unbranched alkanes of at least 4 members (excludes halogenated alkanes) is 3. The summed E-state index contributed by atoms with van der Waals surface area (Å²) in [5.41, 5.74) is 5.48. The van der Waals surface area contributed by atoms with Crippen LogP contribution in [0, 0.1) is 6.92 Å². The standard InChI is InChI=1S/C33H32ClN3O5S.Na/c1-23-10-9-13-26(18-23)30-22-37-32(28(35-30)20-24-11-5-4-6-12-24)36-29(33(37)38)21-25-14-15-31(27(34)19-25)42-16-7-2-3-8-17-43(39,40)41;/h4-6,9-15,18-19,21-22H,2-3,7-8,16-17,20H2,1H3,(H,39,40,41);/q;+1/p-1/b29-21-;. The minimum absolute atomic E-state index is 0. The van der Waals surface area contributed by atoms with Gasteiger partial charge in [0.15, 0.2) is 5.84 Å². The van der Waals surface area contributed by atoms with E-state index in [1.54, 1.807) is 29.3 Å². The third-order valence-electron chi connectivity index (χ3n) is 6.99. The Balaban J connectivity index is 0.00000442. The van der Waals surface area contributed by atoms with Crippen LogP contribution >= 0.6 is 11.6 Å². The van der Waals surface area contributed by atoms with Crippen molar-refractivity contribution in [2.45, 2.75) is 39.0 Å². The fourth-order valence-electron chi connectivity index (χ4n) is 4.85. The van der Waals surface area contributed by atoms with Gasteiger partial charge in [-0.25, -0.2) is 18.4 Å². The molecule has 0 unspecified atom stereocenters. The molecule has 0 bridgehead atoms. The van der Waals surface area contributed by atoms with Crippen molar-refractivity contribution < 1.29 is 52.1 Å². The molecule has 0 saturated carbocycles. The quantitative estimate of drug-likeness (QED) is 0.131. The summed E-state index contributed by atoms with van der Waals surface area (Å²) in [7, 11) is -4.16. The smallest absolute Gasteiger partial charge is 0.748 e. The molecule has 0 aliphatic carbocycles. The molecule has 2 heterocycles. The van der Waals surface area contributed by atoms with Crippen LogP contribution in [0.25, 0.3) is 11.8 Å². The van der Waals surface area contributed by atoms with Gasteiger partial charge in [0.05, 0.1) is 33.2 Å². The molecule has 0 spiro atoms. The van der Waals surface area contributed by atoms with Gasteiger partial charge in [0.25, 0.3) is 5.91 Å². The van der Waals surface area contributed by atoms with Gasteiger partial charge in [0.2, 0.25) is 0 Å². The minimum atomic E-state index is -4.16. The number of ether oxygens (including phenoxy) is 1. The summed E-state index contributed by atoms with van der Waals surface area (Å²) in [6.45, 7) is 2.43. The summed E-state index contributed by atoms with van der Waals surface area (Å²) in [6.07, 6.45) is 6.40. The van der Waals surface area contributed by atoms with E-state index in [4.69, 9.17) is 26.3 Å². The molecular formula is C33H31ClN3NaO5S. The van der Waals surface area contributed by atoms with Crippen LogP contribution in [0.5, 0.6) is 5.75 Å². The van der Waals surface area contributed by atoms with Crippen LogP contribution in [-0.2, 0) is 21.3 Å². The number of rotatable bonds is 12. The van der Waals surface area contributed by atoms with Gasteiger partial charge in [0.1, 0.15) is 11.4 Å². The second kappa shape index (κ2) is 15.3. The van der Waals surface area contributed by atoms with Crippen molar-refractivity contribution in [1.82, 2.24) is 4.90 Å². The number of carbonyl (C=O) groups is 1. The zero-order valence-electron chi connectivity index (χ0n) is 24.7. The average molecular weight is 640 g/mol. The monoisotopic (exact) mass is 639 g/mol. The number of amidine groups is 1. The fourth-order valence-corrected chi connectivity index (χ4v) is 5.65. The van der Waals surface area contributed by atoms with Gasteiger partial charge < -0.3 is 9.29 Å². The number of amides is 1. The van der Waals surface area contributed by atoms with E-state index >= 15 is 0 Å². The largest absolute Gasteiger partial charge is 1.00 e. The van der Waals surface area contributed by atoms with Crippen molar-refractivity contribution >= 4 is 50.9 Å². The van der Waals surface area contributed by atoms with Crippen molar-refractivity contribution in [3.8, 4) is 5.75 Å². The van der Waals surface area contributed by atoms with E-state index in [0.717, 1.165) is 23.1 Å². The SMILES string of the molecule is Cc1cccc(C2=CN3C(=O)/C(=C/c4ccc(OCCCCCCS(=O)(=O)[O-])c(Cl)c4)N=C3C(Cc3ccccc3)=N2)c1.[Na+]. The number of nitrogens with zero attached hydrogens (tertiary/aromatic N) is 3. The number of fused-ring (bicyclic) bond motifs is 1. The van der Waals surface area contributed by atoms with Crippen LogP contribution in [-0.4, -0.2) is 47.7 Å². The van der Waals surface area contributed by atoms with Crippen LogP contribution in [0.3, 0.4) is 0 Å². The molecule has 8 nitrogen and oxygen atoms in total. The first-order chi connectivity index (χ1) is 20.7. The molecule has 3 aromatic carbocycles. The topological polar surface area (TPSA) is 111 Å². The zero-order valence-corrected chi connectivity index (χ0v) is 28.3. The number of hydrogen-bond acceptors (Lipinski definition) is 7. The summed E-state index contributed by atoms with van der Waals surface area (Å²) in [5.74, 6) is 0.431. The van der Waals surface area contributed by atoms with Crippen LogP contribution in [0.1, 0.15) is 47.9 Å². The van der Waals surface area contributed by atoms with E-state index in [9.17, 15) is 17.8 Å². The Morgan fingerprint density at radius 1 is 0.955 bits per heavy atom. The molecule has 5 rings (SSSR count). The Hall–Kier alpha value is -3.05. The Morgan fingerprint density at radius 3 is 2.45 bits per heavy atom. The Bertz CT molecular complexity index is 1750. The third-order valence-corrected chi connectivity index (χ3v) is 8.08. The first-order valence-electron chi connectivity index (χ1n) is 14.1. The fraction of sp³-hybridized carbons (Fsp3) is 0.242. The normalized spacial score (nSPS) is 15.3. The third kappa shape index (κ3) is 9.00. The number of benzene rings is 3. The Kier molecular flexibility index (Phi) is 11.8. The molecule has 0 atom stereocenters. The minimum Gasteiger partial charge on any atom is -0.748 e. The van der Waals surface area contributed by atoms with E-state index in [0.29, 0.717) is 65.9 Å². The molecule has 0 saturated heterocycles. The number of aryl methyl sites for hydroxylation is 1. The number of carbonyl (C=O) groups excluding carboxylic acids is 1. The number of aliphatic imine (C=N–C) groups is 2. The maximum Gasteiger partial charge on any atom is 1.00 e. The molecule has 0 aromatic heterocycles. The van der Waals surface area contributed by atoms with E-state index in [1.807, 2.05) is 67.6 Å². The van der Waals surface area contributed by atoms with E-state index in [-0.39, 0.29) is 46.9 Å². The van der Waals surface area contributed by atoms with Gasteiger partial charge in [-0.1, -0.05) is 84.6 Å². The molecule has 44 heavy (non-hydrogen) atoms. The summed E-state index contributed by atoms with van der Waals surface area (Å²) in [4.78, 5) is 24.8. The van der Waals surface area contributed by atoms with Gasteiger partial charge >= 0.3 is 29.6 Å². The molecule has 2 aliphatic rings. The maximum atomic E-state index is 13.6. The van der Waals surface area contributed by atoms with E-state index in [1.165, 1.54) is 0 Å². The van der Waals surface area contributed by atoms with Crippen LogP contribution in [0.4, 0.5) is 0 Å². The second-order valence-electron chi connectivity index (χ2n) is 10.5. The molecule has 1 amide bonds. The molecular weight excluding hydrogens is 609 g/mol. The van der Waals surface area contributed by atoms with Crippen molar-refractivity contribution in [3.05, 3.63) is 112 Å². The first-order valence-corrected chi connectivity index (χ1v) is 16.0. The van der Waals surface area contributed by atoms with Gasteiger partial charge in [-0.15, -0.1) is 0 Å². The first kappa shape index (κ1) is 33.8. The second-order valence-corrected chi connectivity index (χ2v) is 12.4. The molecule has 2 aliphatic heterocycles. The molecule has 0 N–H and O–H groups in total. The van der Waals surface area contributed by atoms with Gasteiger partial charge in [-0.3, -0.25) is 9.69 Å². The average Bonchev–Trinajstić information content (AvgIpc) is 3.28. The van der Waals surface area contributed by atoms with Crippen molar-refractivity contribution in [2.75, 3.05) is 12.4 Å². The molecule has 222 valence electrons. The van der Waals surface area contributed by atoms with Gasteiger partial charge in [-0.2, -0.15) is 0 Å². The number of hydrogen-bond donors (Lipinski definition) is 0. The molecule has 0 fully saturated rings. The number of halogens is 1. The molecule has 3 aromatic rings. The molecule has 0 radical (unpaired) electrons. The van der Waals surface area contributed by atoms with Gasteiger partial charge in [0, 0.05) is 23.9 Å². The predicted molar refractivity (Wildman–Crippen MR) is 169 cm³/mol. The van der Waals surface area contributed by atoms with Crippen molar-refractivity contribution in [2.24, 2.45) is 9.98 Å². The van der Waals surface area contributed by atoms with Crippen LogP contribution in [0.2, 0.25) is 5.02 Å². The summed E-state index contributed by atoms with van der Waals surface area (Å²) >= 11 is 6.48. The van der Waals surface area contributed by atoms with E-state index in [2.05, 4.69) is 0 Å². The summed E-state index contributed by atoms with van der Waals surface area (Å²) in [6, 6.07) is 23.3. The summed E-state index contributed by atoms with van der Waals surface area (Å²) < 4.78 is 37.8.